The molecule has 1 N–H and O–H groups in total. The van der Waals surface area contributed by atoms with Crippen LogP contribution in [0.2, 0.25) is 0 Å². The van der Waals surface area contributed by atoms with Crippen LogP contribution >= 0.6 is 11.8 Å². The van der Waals surface area contributed by atoms with Gasteiger partial charge in [-0.25, -0.2) is 4.98 Å². The monoisotopic (exact) mass is 344 g/mol. The Morgan fingerprint density at radius 2 is 2.38 bits per heavy atom. The SMILES string of the molecule is CC12CCC(=O)N1C(C(=O)NCCc1cn3ccccc3n1)CS2. The van der Waals surface area contributed by atoms with Crippen molar-refractivity contribution in [2.45, 2.75) is 37.1 Å². The number of rotatable bonds is 4. The fourth-order valence-corrected chi connectivity index (χ4v) is 4.99. The van der Waals surface area contributed by atoms with Gasteiger partial charge in [-0.3, -0.25) is 9.59 Å². The van der Waals surface area contributed by atoms with Crippen LogP contribution in [0.5, 0.6) is 0 Å². The molecule has 126 valence electrons. The van der Waals surface area contributed by atoms with Crippen molar-refractivity contribution < 1.29 is 9.59 Å². The van der Waals surface area contributed by atoms with E-state index in [2.05, 4.69) is 17.2 Å². The van der Waals surface area contributed by atoms with Gasteiger partial charge in [0.15, 0.2) is 0 Å². The molecule has 0 bridgehead atoms. The summed E-state index contributed by atoms with van der Waals surface area (Å²) in [6.45, 7) is 2.59. The molecule has 2 aromatic rings. The molecular weight excluding hydrogens is 324 g/mol. The van der Waals surface area contributed by atoms with Gasteiger partial charge in [0.1, 0.15) is 11.7 Å². The van der Waals surface area contributed by atoms with E-state index in [0.717, 1.165) is 17.8 Å². The third-order valence-corrected chi connectivity index (χ3v) is 6.35. The van der Waals surface area contributed by atoms with Crippen LogP contribution in [0, 0.1) is 0 Å². The molecule has 2 saturated heterocycles. The van der Waals surface area contributed by atoms with E-state index in [9.17, 15) is 9.59 Å². The van der Waals surface area contributed by atoms with Gasteiger partial charge in [-0.2, -0.15) is 0 Å². The first-order chi connectivity index (χ1) is 11.6. The van der Waals surface area contributed by atoms with E-state index in [1.54, 1.807) is 16.7 Å². The van der Waals surface area contributed by atoms with E-state index in [0.29, 0.717) is 25.1 Å². The third kappa shape index (κ3) is 2.56. The Morgan fingerprint density at radius 3 is 3.21 bits per heavy atom. The summed E-state index contributed by atoms with van der Waals surface area (Å²) >= 11 is 1.72. The first-order valence-corrected chi connectivity index (χ1v) is 9.22. The normalized spacial score (nSPS) is 26.1. The highest BCUT2D eigenvalue weighted by molar-refractivity contribution is 8.01. The van der Waals surface area contributed by atoms with Crippen LogP contribution in [0.25, 0.3) is 5.65 Å². The van der Waals surface area contributed by atoms with Gasteiger partial charge in [0.05, 0.1) is 10.6 Å². The summed E-state index contributed by atoms with van der Waals surface area (Å²) in [5.41, 5.74) is 1.86. The van der Waals surface area contributed by atoms with Crippen LogP contribution in [-0.4, -0.2) is 49.3 Å². The van der Waals surface area contributed by atoms with Crippen molar-refractivity contribution in [3.05, 3.63) is 36.3 Å². The van der Waals surface area contributed by atoms with Crippen molar-refractivity contribution in [1.29, 1.82) is 0 Å². The predicted octanol–water partition coefficient (Wildman–Crippen LogP) is 1.45. The molecule has 0 spiro atoms. The Morgan fingerprint density at radius 1 is 1.50 bits per heavy atom. The topological polar surface area (TPSA) is 66.7 Å². The first kappa shape index (κ1) is 15.5. The highest BCUT2D eigenvalue weighted by atomic mass is 32.2. The fourth-order valence-electron chi connectivity index (χ4n) is 3.55. The van der Waals surface area contributed by atoms with Crippen LogP contribution in [0.3, 0.4) is 0 Å². The number of imidazole rings is 1. The van der Waals surface area contributed by atoms with Gasteiger partial charge in [-0.05, 0) is 25.5 Å². The summed E-state index contributed by atoms with van der Waals surface area (Å²) in [6.07, 6.45) is 6.00. The van der Waals surface area contributed by atoms with Gasteiger partial charge in [0.2, 0.25) is 11.8 Å². The Bertz CT molecular complexity index is 772. The summed E-state index contributed by atoms with van der Waals surface area (Å²) < 4.78 is 1.97. The summed E-state index contributed by atoms with van der Waals surface area (Å²) in [7, 11) is 0. The third-order valence-electron chi connectivity index (χ3n) is 4.84. The molecule has 2 aromatic heterocycles. The number of amides is 2. The minimum absolute atomic E-state index is 0.0507. The van der Waals surface area contributed by atoms with E-state index < -0.39 is 0 Å². The number of carbonyl (C=O) groups excluding carboxylic acids is 2. The molecule has 2 atom stereocenters. The largest absolute Gasteiger partial charge is 0.354 e. The number of nitrogens with one attached hydrogen (secondary N) is 1. The maximum absolute atomic E-state index is 12.5. The Balaban J connectivity index is 1.36. The van der Waals surface area contributed by atoms with E-state index in [1.807, 2.05) is 35.0 Å². The first-order valence-electron chi connectivity index (χ1n) is 8.23. The molecule has 2 fully saturated rings. The Kier molecular flexibility index (Phi) is 3.75. The molecule has 4 rings (SSSR count). The van der Waals surface area contributed by atoms with Crippen molar-refractivity contribution in [2.75, 3.05) is 12.3 Å². The molecule has 0 radical (unpaired) electrons. The van der Waals surface area contributed by atoms with Crippen LogP contribution in [-0.2, 0) is 16.0 Å². The maximum atomic E-state index is 12.5. The van der Waals surface area contributed by atoms with Gasteiger partial charge < -0.3 is 14.6 Å². The van der Waals surface area contributed by atoms with Crippen molar-refractivity contribution in [3.8, 4) is 0 Å². The molecule has 0 saturated carbocycles. The number of fused-ring (bicyclic) bond motifs is 2. The lowest BCUT2D eigenvalue weighted by Gasteiger charge is -2.29. The van der Waals surface area contributed by atoms with Crippen LogP contribution in [0.15, 0.2) is 30.6 Å². The second kappa shape index (κ2) is 5.81. The summed E-state index contributed by atoms with van der Waals surface area (Å²) in [5.74, 6) is 0.732. The Hall–Kier alpha value is -2.02. The number of nitrogens with zero attached hydrogens (tertiary/aromatic N) is 3. The lowest BCUT2D eigenvalue weighted by Crippen LogP contribution is -2.50. The highest BCUT2D eigenvalue weighted by Gasteiger charge is 2.52. The quantitative estimate of drug-likeness (QED) is 0.912. The number of pyridine rings is 1. The van der Waals surface area contributed by atoms with Crippen molar-refractivity contribution in [2.24, 2.45) is 0 Å². The lowest BCUT2D eigenvalue weighted by atomic mass is 10.2. The van der Waals surface area contributed by atoms with Crippen molar-refractivity contribution >= 4 is 29.2 Å². The smallest absolute Gasteiger partial charge is 0.243 e. The highest BCUT2D eigenvalue weighted by Crippen LogP contribution is 2.47. The summed E-state index contributed by atoms with van der Waals surface area (Å²) in [4.78, 5) is 30.7. The number of hydrogen-bond donors (Lipinski definition) is 1. The van der Waals surface area contributed by atoms with Gasteiger partial charge in [0.25, 0.3) is 0 Å². The second-order valence-corrected chi connectivity index (χ2v) is 8.01. The predicted molar refractivity (Wildman–Crippen MR) is 92.6 cm³/mol. The van der Waals surface area contributed by atoms with Gasteiger partial charge in [-0.15, -0.1) is 11.8 Å². The number of carbonyl (C=O) groups is 2. The molecule has 2 aliphatic rings. The molecule has 4 heterocycles. The van der Waals surface area contributed by atoms with Crippen LogP contribution in [0.1, 0.15) is 25.5 Å². The molecule has 0 aromatic carbocycles. The molecule has 2 aliphatic heterocycles. The van der Waals surface area contributed by atoms with E-state index in [4.69, 9.17) is 0 Å². The summed E-state index contributed by atoms with van der Waals surface area (Å²) in [5, 5.41) is 2.97. The molecule has 2 amide bonds. The maximum Gasteiger partial charge on any atom is 0.243 e. The second-order valence-electron chi connectivity index (χ2n) is 6.50. The molecule has 24 heavy (non-hydrogen) atoms. The van der Waals surface area contributed by atoms with Crippen LogP contribution in [0.4, 0.5) is 0 Å². The van der Waals surface area contributed by atoms with Gasteiger partial charge >= 0.3 is 0 Å². The van der Waals surface area contributed by atoms with Crippen molar-refractivity contribution in [1.82, 2.24) is 19.6 Å². The Labute approximate surface area is 144 Å². The number of thioether (sulfide) groups is 1. The zero-order chi connectivity index (χ0) is 16.7. The van der Waals surface area contributed by atoms with Gasteiger partial charge in [-0.1, -0.05) is 6.07 Å². The minimum atomic E-state index is -0.337. The number of aromatic nitrogens is 2. The van der Waals surface area contributed by atoms with E-state index in [1.165, 1.54) is 0 Å². The minimum Gasteiger partial charge on any atom is -0.354 e. The average molecular weight is 344 g/mol. The van der Waals surface area contributed by atoms with E-state index >= 15 is 0 Å². The fraction of sp³-hybridized carbons (Fsp3) is 0.471. The lowest BCUT2D eigenvalue weighted by molar-refractivity contribution is -0.137. The van der Waals surface area contributed by atoms with Crippen molar-refractivity contribution in [3.63, 3.8) is 0 Å². The van der Waals surface area contributed by atoms with E-state index in [-0.39, 0.29) is 22.7 Å². The molecule has 0 aliphatic carbocycles. The molecule has 7 heteroatoms. The summed E-state index contributed by atoms with van der Waals surface area (Å²) in [6, 6.07) is 5.53. The van der Waals surface area contributed by atoms with Gasteiger partial charge in [0, 0.05) is 37.5 Å². The molecule has 6 nitrogen and oxygen atoms in total. The van der Waals surface area contributed by atoms with Crippen LogP contribution < -0.4 is 5.32 Å². The number of hydrogen-bond acceptors (Lipinski definition) is 4. The molecular formula is C17H20N4O2S. The average Bonchev–Trinajstić information content (AvgIpc) is 3.20. The molecule has 2 unspecified atom stereocenters. The zero-order valence-electron chi connectivity index (χ0n) is 13.6. The standard InChI is InChI=1S/C17H20N4O2S/c1-17-7-5-15(22)21(17)13(11-24-17)16(23)18-8-6-12-10-20-9-3-2-4-14(20)19-12/h2-4,9-10,13H,5-8,11H2,1H3,(H,18,23). The zero-order valence-corrected chi connectivity index (χ0v) is 14.4.